The second-order valence-corrected chi connectivity index (χ2v) is 8.52. The van der Waals surface area contributed by atoms with E-state index in [1.807, 2.05) is 4.90 Å². The van der Waals surface area contributed by atoms with Crippen molar-refractivity contribution in [3.8, 4) is 11.4 Å². The highest BCUT2D eigenvalue weighted by atomic mass is 35.5. The Hall–Kier alpha value is -2.87. The molecule has 0 unspecified atom stereocenters. The van der Waals surface area contributed by atoms with Crippen molar-refractivity contribution in [3.05, 3.63) is 70.6 Å². The predicted molar refractivity (Wildman–Crippen MR) is 118 cm³/mol. The Balaban J connectivity index is 1.51. The zero-order valence-electron chi connectivity index (χ0n) is 17.8. The molecule has 4 rings (SSSR count). The Morgan fingerprint density at radius 2 is 1.85 bits per heavy atom. The Bertz CT molecular complexity index is 1110. The van der Waals surface area contributed by atoms with Crippen LogP contribution in [0, 0.1) is 0 Å². The van der Waals surface area contributed by atoms with Crippen LogP contribution in [0.25, 0.3) is 11.4 Å². The highest BCUT2D eigenvalue weighted by Gasteiger charge is 2.31. The van der Waals surface area contributed by atoms with Crippen molar-refractivity contribution in [1.29, 1.82) is 0 Å². The average molecular weight is 478 g/mol. The van der Waals surface area contributed by atoms with E-state index in [1.165, 1.54) is 12.1 Å². The van der Waals surface area contributed by atoms with Crippen molar-refractivity contribution in [2.24, 2.45) is 0 Å². The van der Waals surface area contributed by atoms with Crippen LogP contribution in [0.2, 0.25) is 5.02 Å². The minimum Gasteiger partial charge on any atom is -0.339 e. The molecule has 0 aliphatic heterocycles. The van der Waals surface area contributed by atoms with Gasteiger partial charge >= 0.3 is 6.18 Å². The van der Waals surface area contributed by atoms with E-state index in [2.05, 4.69) is 10.1 Å². The summed E-state index contributed by atoms with van der Waals surface area (Å²) >= 11 is 6.27. The molecule has 33 heavy (non-hydrogen) atoms. The lowest BCUT2D eigenvalue weighted by atomic mass is 9.93. The van der Waals surface area contributed by atoms with Crippen molar-refractivity contribution in [2.75, 3.05) is 6.54 Å². The molecule has 0 saturated heterocycles. The summed E-state index contributed by atoms with van der Waals surface area (Å²) in [4.78, 5) is 19.4. The van der Waals surface area contributed by atoms with Crippen LogP contribution >= 0.6 is 11.6 Å². The number of carbonyl (C=O) groups excluding carboxylic acids is 1. The highest BCUT2D eigenvalue weighted by Crippen LogP contribution is 2.31. The Morgan fingerprint density at radius 1 is 1.09 bits per heavy atom. The molecule has 0 atom stereocenters. The second-order valence-electron chi connectivity index (χ2n) is 8.11. The van der Waals surface area contributed by atoms with E-state index in [1.54, 1.807) is 24.3 Å². The van der Waals surface area contributed by atoms with E-state index in [9.17, 15) is 18.0 Å². The standard InChI is InChI=1S/C24H23ClF3N3O2/c25-20-12-5-4-11-19(20)23(32)31(18-9-2-1-3-10-18)14-13-21-29-22(30-33-21)16-7-6-8-17(15-16)24(26,27)28/h4-8,11-12,15,18H,1-3,9-10,13-14H2. The second kappa shape index (κ2) is 9.95. The summed E-state index contributed by atoms with van der Waals surface area (Å²) in [6.07, 6.45) is 0.912. The van der Waals surface area contributed by atoms with Crippen LogP contribution in [0.5, 0.6) is 0 Å². The van der Waals surface area contributed by atoms with E-state index < -0.39 is 11.7 Å². The molecule has 0 spiro atoms. The third kappa shape index (κ3) is 5.55. The molecule has 174 valence electrons. The fraction of sp³-hybridized carbons (Fsp3) is 0.375. The van der Waals surface area contributed by atoms with Gasteiger partial charge in [0.25, 0.3) is 5.91 Å². The maximum absolute atomic E-state index is 13.3. The van der Waals surface area contributed by atoms with Gasteiger partial charge in [-0.3, -0.25) is 4.79 Å². The molecule has 1 heterocycles. The van der Waals surface area contributed by atoms with Crippen LogP contribution in [0.1, 0.15) is 53.9 Å². The molecule has 2 aromatic carbocycles. The van der Waals surface area contributed by atoms with Crippen molar-refractivity contribution < 1.29 is 22.5 Å². The molecule has 1 aromatic heterocycles. The number of alkyl halides is 3. The number of halogens is 4. The van der Waals surface area contributed by atoms with Crippen LogP contribution in [-0.4, -0.2) is 33.5 Å². The summed E-state index contributed by atoms with van der Waals surface area (Å²) in [5, 5.41) is 4.24. The van der Waals surface area contributed by atoms with E-state index >= 15 is 0 Å². The Kier molecular flexibility index (Phi) is 7.02. The van der Waals surface area contributed by atoms with Crippen LogP contribution in [-0.2, 0) is 12.6 Å². The van der Waals surface area contributed by atoms with Crippen LogP contribution in [0.3, 0.4) is 0 Å². The van der Waals surface area contributed by atoms with Gasteiger partial charge in [0, 0.05) is 24.6 Å². The third-order valence-corrected chi connectivity index (χ3v) is 6.19. The van der Waals surface area contributed by atoms with Crippen molar-refractivity contribution in [1.82, 2.24) is 15.0 Å². The van der Waals surface area contributed by atoms with Gasteiger partial charge in [-0.25, -0.2) is 0 Å². The largest absolute Gasteiger partial charge is 0.416 e. The highest BCUT2D eigenvalue weighted by molar-refractivity contribution is 6.33. The lowest BCUT2D eigenvalue weighted by molar-refractivity contribution is -0.137. The average Bonchev–Trinajstić information content (AvgIpc) is 3.29. The number of hydrogen-bond acceptors (Lipinski definition) is 4. The van der Waals surface area contributed by atoms with Gasteiger partial charge in [-0.05, 0) is 37.1 Å². The maximum atomic E-state index is 13.3. The number of carbonyl (C=O) groups is 1. The SMILES string of the molecule is O=C(c1ccccc1Cl)N(CCc1nc(-c2cccc(C(F)(F)F)c2)no1)C1CCCCC1. The van der Waals surface area contributed by atoms with Gasteiger partial charge in [0.2, 0.25) is 11.7 Å². The number of rotatable bonds is 6. The molecule has 1 aliphatic rings. The van der Waals surface area contributed by atoms with Gasteiger partial charge in [0.1, 0.15) is 0 Å². The smallest absolute Gasteiger partial charge is 0.339 e. The Morgan fingerprint density at radius 3 is 2.58 bits per heavy atom. The van der Waals surface area contributed by atoms with Crippen molar-refractivity contribution in [3.63, 3.8) is 0 Å². The number of amides is 1. The normalized spacial score (nSPS) is 14.9. The summed E-state index contributed by atoms with van der Waals surface area (Å²) in [6, 6.07) is 11.8. The van der Waals surface area contributed by atoms with Crippen LogP contribution in [0.15, 0.2) is 53.1 Å². The van der Waals surface area contributed by atoms with Gasteiger partial charge < -0.3 is 9.42 Å². The summed E-state index contributed by atoms with van der Waals surface area (Å²) in [5.41, 5.74) is -0.115. The molecule has 0 bridgehead atoms. The first kappa shape index (κ1) is 23.3. The molecule has 3 aromatic rings. The lowest BCUT2D eigenvalue weighted by Gasteiger charge is -2.34. The van der Waals surface area contributed by atoms with Gasteiger partial charge in [-0.2, -0.15) is 18.2 Å². The minimum atomic E-state index is -4.46. The van der Waals surface area contributed by atoms with E-state index in [4.69, 9.17) is 16.1 Å². The molecule has 1 saturated carbocycles. The van der Waals surface area contributed by atoms with Crippen LogP contribution < -0.4 is 0 Å². The van der Waals surface area contributed by atoms with E-state index in [0.717, 1.165) is 44.2 Å². The number of hydrogen-bond donors (Lipinski definition) is 0. The molecule has 5 nitrogen and oxygen atoms in total. The summed E-state index contributed by atoms with van der Waals surface area (Å²) in [6.45, 7) is 0.346. The summed E-state index contributed by atoms with van der Waals surface area (Å²) < 4.78 is 44.3. The first-order valence-corrected chi connectivity index (χ1v) is 11.3. The molecular formula is C24H23ClF3N3O2. The number of benzene rings is 2. The van der Waals surface area contributed by atoms with E-state index in [-0.39, 0.29) is 29.2 Å². The minimum absolute atomic E-state index is 0.0812. The molecular weight excluding hydrogens is 455 g/mol. The van der Waals surface area contributed by atoms with Crippen LogP contribution in [0.4, 0.5) is 13.2 Å². The van der Waals surface area contributed by atoms with E-state index in [0.29, 0.717) is 23.6 Å². The third-order valence-electron chi connectivity index (χ3n) is 5.86. The van der Waals surface area contributed by atoms with Crippen molar-refractivity contribution in [2.45, 2.75) is 50.7 Å². The quantitative estimate of drug-likeness (QED) is 0.410. The van der Waals surface area contributed by atoms with Crippen molar-refractivity contribution >= 4 is 17.5 Å². The summed E-state index contributed by atoms with van der Waals surface area (Å²) in [7, 11) is 0. The predicted octanol–water partition coefficient (Wildman–Crippen LogP) is 6.43. The van der Waals surface area contributed by atoms with Gasteiger partial charge in [0.05, 0.1) is 16.1 Å². The number of aromatic nitrogens is 2. The fourth-order valence-electron chi connectivity index (χ4n) is 4.16. The topological polar surface area (TPSA) is 59.2 Å². The monoisotopic (exact) mass is 477 g/mol. The first-order chi connectivity index (χ1) is 15.8. The lowest BCUT2D eigenvalue weighted by Crippen LogP contribution is -2.42. The Labute approximate surface area is 194 Å². The summed E-state index contributed by atoms with van der Waals surface area (Å²) in [5.74, 6) is 0.193. The first-order valence-electron chi connectivity index (χ1n) is 10.9. The fourth-order valence-corrected chi connectivity index (χ4v) is 4.37. The zero-order chi connectivity index (χ0) is 23.4. The zero-order valence-corrected chi connectivity index (χ0v) is 18.6. The molecule has 1 fully saturated rings. The molecule has 0 N–H and O–H groups in total. The van der Waals surface area contributed by atoms with Gasteiger partial charge in [-0.15, -0.1) is 0 Å². The maximum Gasteiger partial charge on any atom is 0.416 e. The number of nitrogens with zero attached hydrogens (tertiary/aromatic N) is 3. The molecule has 1 amide bonds. The molecule has 9 heteroatoms. The van der Waals surface area contributed by atoms with Gasteiger partial charge in [0.15, 0.2) is 0 Å². The van der Waals surface area contributed by atoms with Gasteiger partial charge in [-0.1, -0.05) is 60.3 Å². The molecule has 0 radical (unpaired) electrons. The molecule has 1 aliphatic carbocycles.